The zero-order valence-electron chi connectivity index (χ0n) is 18.3. The molecule has 1 atom stereocenters. The lowest BCUT2D eigenvalue weighted by Crippen LogP contribution is -2.47. The van der Waals surface area contributed by atoms with E-state index in [0.717, 1.165) is 49.8 Å². The summed E-state index contributed by atoms with van der Waals surface area (Å²) >= 11 is 0. The maximum atomic E-state index is 11.6. The summed E-state index contributed by atoms with van der Waals surface area (Å²) in [6, 6.07) is 5.98. The van der Waals surface area contributed by atoms with E-state index in [1.54, 1.807) is 14.2 Å². The van der Waals surface area contributed by atoms with Crippen LogP contribution in [0.4, 0.5) is 0 Å². The van der Waals surface area contributed by atoms with Gasteiger partial charge in [-0.1, -0.05) is 0 Å². The van der Waals surface area contributed by atoms with E-state index in [0.29, 0.717) is 12.5 Å². The summed E-state index contributed by atoms with van der Waals surface area (Å²) in [5, 5.41) is 3.33. The number of rotatable bonds is 8. The van der Waals surface area contributed by atoms with Gasteiger partial charge in [0, 0.05) is 37.2 Å². The number of nitrogens with one attached hydrogen (secondary N) is 2. The molecule has 0 aliphatic carbocycles. The molecule has 8 nitrogen and oxygen atoms in total. The molecule has 0 amide bonds. The quantitative estimate of drug-likeness (QED) is 0.486. The van der Waals surface area contributed by atoms with Crippen molar-refractivity contribution < 1.29 is 17.9 Å². The first-order chi connectivity index (χ1) is 13.6. The Labute approximate surface area is 174 Å². The molecule has 164 valence electrons. The van der Waals surface area contributed by atoms with Crippen LogP contribution in [0.25, 0.3) is 0 Å². The van der Waals surface area contributed by atoms with Crippen molar-refractivity contribution in [2.45, 2.75) is 38.6 Å². The number of aliphatic imine (C=N–C) groups is 1. The van der Waals surface area contributed by atoms with E-state index in [1.807, 2.05) is 26.8 Å². The maximum Gasteiger partial charge on any atom is 0.209 e. The van der Waals surface area contributed by atoms with Crippen LogP contribution in [0.1, 0.15) is 38.7 Å². The zero-order valence-corrected chi connectivity index (χ0v) is 19.1. The van der Waals surface area contributed by atoms with Crippen LogP contribution in [0, 0.1) is 0 Å². The van der Waals surface area contributed by atoms with Crippen LogP contribution < -0.4 is 19.5 Å². The van der Waals surface area contributed by atoms with Gasteiger partial charge in [-0.05, 0) is 44.9 Å². The van der Waals surface area contributed by atoms with Crippen molar-refractivity contribution >= 4 is 16.0 Å². The average molecular weight is 427 g/mol. The fourth-order valence-electron chi connectivity index (χ4n) is 3.52. The van der Waals surface area contributed by atoms with Gasteiger partial charge >= 0.3 is 0 Å². The van der Waals surface area contributed by atoms with Crippen LogP contribution in [0.2, 0.25) is 0 Å². The topological polar surface area (TPSA) is 92.3 Å². The van der Waals surface area contributed by atoms with Crippen LogP contribution in [0.15, 0.2) is 23.2 Å². The maximum absolute atomic E-state index is 11.6. The van der Waals surface area contributed by atoms with Crippen LogP contribution in [0.5, 0.6) is 11.5 Å². The molecular formula is C20H34N4O4S. The molecule has 2 N–H and O–H groups in total. The minimum atomic E-state index is -3.30. The van der Waals surface area contributed by atoms with Gasteiger partial charge in [-0.2, -0.15) is 0 Å². The number of hydrogen-bond donors (Lipinski definition) is 2. The molecule has 1 aliphatic rings. The van der Waals surface area contributed by atoms with Crippen molar-refractivity contribution in [1.82, 2.24) is 14.9 Å². The summed E-state index contributed by atoms with van der Waals surface area (Å²) in [6.07, 6.45) is 2.16. The Morgan fingerprint density at radius 2 is 1.86 bits per heavy atom. The lowest BCUT2D eigenvalue weighted by atomic mass is 9.98. The highest BCUT2D eigenvalue weighted by atomic mass is 32.2. The number of likely N-dealkylation sites (tertiary alicyclic amines) is 1. The number of ether oxygens (including phenoxy) is 2. The normalized spacial score (nSPS) is 18.1. The van der Waals surface area contributed by atoms with Crippen LogP contribution >= 0.6 is 0 Å². The first kappa shape index (κ1) is 23.3. The summed E-state index contributed by atoms with van der Waals surface area (Å²) in [5.41, 5.74) is 0.520. The van der Waals surface area contributed by atoms with Gasteiger partial charge in [0.1, 0.15) is 11.5 Å². The van der Waals surface area contributed by atoms with E-state index >= 15 is 0 Å². The highest BCUT2D eigenvalue weighted by Crippen LogP contribution is 2.32. The van der Waals surface area contributed by atoms with Crippen LogP contribution in [0.3, 0.4) is 0 Å². The number of nitrogens with zero attached hydrogens (tertiary/aromatic N) is 2. The lowest BCUT2D eigenvalue weighted by molar-refractivity contribution is 0.392. The van der Waals surface area contributed by atoms with E-state index in [4.69, 9.17) is 14.5 Å². The molecule has 0 saturated carbocycles. The van der Waals surface area contributed by atoms with Gasteiger partial charge in [0.15, 0.2) is 5.96 Å². The number of hydrogen-bond acceptors (Lipinski definition) is 5. The minimum Gasteiger partial charge on any atom is -0.497 e. The van der Waals surface area contributed by atoms with Crippen LogP contribution in [-0.2, 0) is 10.0 Å². The molecule has 1 unspecified atom stereocenters. The summed E-state index contributed by atoms with van der Waals surface area (Å²) < 4.78 is 36.6. The SMILES string of the molecule is CCNC(=NCC(C)(C)NS(C)(=O)=O)N1CCC(c2cc(OC)cc(OC)c2)C1. The summed E-state index contributed by atoms with van der Waals surface area (Å²) in [5.74, 6) is 2.71. The summed E-state index contributed by atoms with van der Waals surface area (Å²) in [6.45, 7) is 8.46. The van der Waals surface area contributed by atoms with Gasteiger partial charge in [-0.3, -0.25) is 4.99 Å². The standard InChI is InChI=1S/C20H34N4O4S/c1-7-21-19(22-14-20(2,3)23-29(6,25)26)24-9-8-15(13-24)16-10-17(27-4)12-18(11-16)28-5/h10-12,15,23H,7-9,13-14H2,1-6H3,(H,21,22). The smallest absolute Gasteiger partial charge is 0.209 e. The summed E-state index contributed by atoms with van der Waals surface area (Å²) in [4.78, 5) is 6.92. The Kier molecular flexibility index (Phi) is 7.76. The largest absolute Gasteiger partial charge is 0.497 e. The number of guanidine groups is 1. The van der Waals surface area contributed by atoms with Crippen molar-refractivity contribution in [1.29, 1.82) is 0 Å². The van der Waals surface area contributed by atoms with E-state index in [1.165, 1.54) is 5.56 Å². The van der Waals surface area contributed by atoms with Gasteiger partial charge in [0.2, 0.25) is 10.0 Å². The van der Waals surface area contributed by atoms with E-state index in [-0.39, 0.29) is 0 Å². The molecule has 1 fully saturated rings. The van der Waals surface area contributed by atoms with Crippen molar-refractivity contribution in [2.24, 2.45) is 4.99 Å². The highest BCUT2D eigenvalue weighted by Gasteiger charge is 2.28. The molecule has 0 aromatic heterocycles. The Morgan fingerprint density at radius 1 is 1.24 bits per heavy atom. The molecule has 1 heterocycles. The van der Waals surface area contributed by atoms with Crippen LogP contribution in [-0.4, -0.2) is 71.5 Å². The molecule has 1 aromatic carbocycles. The Bertz CT molecular complexity index is 802. The number of methoxy groups -OCH3 is 2. The Morgan fingerprint density at radius 3 is 2.38 bits per heavy atom. The zero-order chi connectivity index (χ0) is 21.7. The molecule has 1 aliphatic heterocycles. The fraction of sp³-hybridized carbons (Fsp3) is 0.650. The molecule has 2 rings (SSSR count). The Hall–Kier alpha value is -2.00. The van der Waals surface area contributed by atoms with Gasteiger partial charge in [0.25, 0.3) is 0 Å². The van der Waals surface area contributed by atoms with Crippen molar-refractivity contribution in [3.05, 3.63) is 23.8 Å². The second-order valence-corrected chi connectivity index (χ2v) is 9.75. The lowest BCUT2D eigenvalue weighted by Gasteiger charge is -2.26. The van der Waals surface area contributed by atoms with E-state index in [2.05, 4.69) is 27.1 Å². The Balaban J connectivity index is 2.14. The van der Waals surface area contributed by atoms with Gasteiger partial charge in [0.05, 0.1) is 27.0 Å². The molecular weight excluding hydrogens is 392 g/mol. The van der Waals surface area contributed by atoms with Crippen molar-refractivity contribution in [2.75, 3.05) is 46.7 Å². The third-order valence-corrected chi connectivity index (χ3v) is 5.68. The molecule has 0 bridgehead atoms. The molecule has 1 aromatic rings. The summed E-state index contributed by atoms with van der Waals surface area (Å²) in [7, 11) is 0.0129. The second kappa shape index (κ2) is 9.67. The van der Waals surface area contributed by atoms with Gasteiger partial charge in [-0.25, -0.2) is 13.1 Å². The molecule has 29 heavy (non-hydrogen) atoms. The van der Waals surface area contributed by atoms with Crippen molar-refractivity contribution in [3.63, 3.8) is 0 Å². The average Bonchev–Trinajstić information content (AvgIpc) is 3.12. The molecule has 9 heteroatoms. The third-order valence-electron chi connectivity index (χ3n) is 4.75. The fourth-order valence-corrected chi connectivity index (χ4v) is 4.59. The van der Waals surface area contributed by atoms with Gasteiger partial charge in [-0.15, -0.1) is 0 Å². The highest BCUT2D eigenvalue weighted by molar-refractivity contribution is 7.88. The molecule has 0 spiro atoms. The predicted octanol–water partition coefficient (Wildman–Crippen LogP) is 1.79. The van der Waals surface area contributed by atoms with Gasteiger partial charge < -0.3 is 19.7 Å². The van der Waals surface area contributed by atoms with E-state index in [9.17, 15) is 8.42 Å². The first-order valence-corrected chi connectivity index (χ1v) is 11.7. The molecule has 1 saturated heterocycles. The first-order valence-electron chi connectivity index (χ1n) is 9.82. The third kappa shape index (κ3) is 7.08. The minimum absolute atomic E-state index is 0.338. The second-order valence-electron chi connectivity index (χ2n) is 8.01. The monoisotopic (exact) mass is 426 g/mol. The van der Waals surface area contributed by atoms with E-state index < -0.39 is 15.6 Å². The van der Waals surface area contributed by atoms with Crippen molar-refractivity contribution in [3.8, 4) is 11.5 Å². The molecule has 0 radical (unpaired) electrons. The number of benzene rings is 1. The predicted molar refractivity (Wildman–Crippen MR) is 117 cm³/mol. The number of sulfonamides is 1.